The molecule has 0 bridgehead atoms. The van der Waals surface area contributed by atoms with Crippen molar-refractivity contribution >= 4 is 23.7 Å². The van der Waals surface area contributed by atoms with Crippen molar-refractivity contribution in [3.05, 3.63) is 29.5 Å². The van der Waals surface area contributed by atoms with E-state index in [0.717, 1.165) is 42.1 Å². The summed E-state index contributed by atoms with van der Waals surface area (Å²) in [7, 11) is 0. The summed E-state index contributed by atoms with van der Waals surface area (Å²) in [6.45, 7) is 7.97. The summed E-state index contributed by atoms with van der Waals surface area (Å²) >= 11 is 1.67. The Morgan fingerprint density at radius 3 is 2.96 bits per heavy atom. The Kier molecular flexibility index (Phi) is 5.71. The molecule has 7 heteroatoms. The molecule has 126 valence electrons. The number of nitrogens with one attached hydrogen (secondary N) is 1. The molecular formula is C16H23ClN4OS. The molecule has 0 aromatic carbocycles. The first-order valence-corrected chi connectivity index (χ1v) is 8.92. The lowest BCUT2D eigenvalue weighted by Gasteiger charge is -2.32. The zero-order valence-electron chi connectivity index (χ0n) is 13.1. The quantitative estimate of drug-likeness (QED) is 0.912. The van der Waals surface area contributed by atoms with Gasteiger partial charge in [0, 0.05) is 57.2 Å². The van der Waals surface area contributed by atoms with E-state index in [1.165, 1.54) is 32.6 Å². The Morgan fingerprint density at radius 1 is 1.30 bits per heavy atom. The Morgan fingerprint density at radius 2 is 2.17 bits per heavy atom. The monoisotopic (exact) mass is 354 g/mol. The van der Waals surface area contributed by atoms with Crippen molar-refractivity contribution in [2.45, 2.75) is 19.0 Å². The van der Waals surface area contributed by atoms with Crippen LogP contribution in [0.2, 0.25) is 0 Å². The predicted molar refractivity (Wildman–Crippen MR) is 95.2 cm³/mol. The number of rotatable bonds is 4. The fourth-order valence-corrected chi connectivity index (χ4v) is 4.20. The lowest BCUT2D eigenvalue weighted by atomic mass is 10.2. The molecule has 2 aliphatic rings. The second kappa shape index (κ2) is 7.77. The van der Waals surface area contributed by atoms with E-state index in [1.54, 1.807) is 17.6 Å². The lowest BCUT2D eigenvalue weighted by Crippen LogP contribution is -2.49. The molecule has 4 heterocycles. The molecule has 0 spiro atoms. The van der Waals surface area contributed by atoms with Crippen LogP contribution in [0.3, 0.4) is 0 Å². The van der Waals surface area contributed by atoms with E-state index in [9.17, 15) is 0 Å². The zero-order valence-corrected chi connectivity index (χ0v) is 14.7. The molecule has 2 fully saturated rings. The molecule has 23 heavy (non-hydrogen) atoms. The molecule has 2 aromatic rings. The summed E-state index contributed by atoms with van der Waals surface area (Å²) in [5.74, 6) is 0.872. The average Bonchev–Trinajstić information content (AvgIpc) is 3.30. The first-order chi connectivity index (χ1) is 10.9. The van der Waals surface area contributed by atoms with E-state index in [-0.39, 0.29) is 12.4 Å². The fourth-order valence-electron chi connectivity index (χ4n) is 3.42. The fraction of sp³-hybridized carbons (Fsp3) is 0.562. The zero-order chi connectivity index (χ0) is 14.8. The minimum Gasteiger partial charge on any atom is -0.462 e. The molecule has 0 amide bonds. The van der Waals surface area contributed by atoms with E-state index < -0.39 is 0 Å². The van der Waals surface area contributed by atoms with Crippen molar-refractivity contribution in [3.63, 3.8) is 0 Å². The van der Waals surface area contributed by atoms with Crippen LogP contribution in [-0.4, -0.2) is 60.1 Å². The van der Waals surface area contributed by atoms with Crippen LogP contribution >= 0.6 is 23.7 Å². The third kappa shape index (κ3) is 3.95. The number of nitrogens with zero attached hydrogens (tertiary/aromatic N) is 3. The van der Waals surface area contributed by atoms with Gasteiger partial charge in [-0.2, -0.15) is 0 Å². The number of piperazine rings is 1. The first kappa shape index (κ1) is 16.9. The molecule has 2 aromatic heterocycles. The average molecular weight is 355 g/mol. The maximum absolute atomic E-state index is 5.42. The molecule has 0 radical (unpaired) electrons. The number of likely N-dealkylation sites (tertiary alicyclic amines) is 1. The number of thiazole rings is 1. The van der Waals surface area contributed by atoms with Crippen LogP contribution < -0.4 is 5.32 Å². The van der Waals surface area contributed by atoms with E-state index in [1.807, 2.05) is 12.1 Å². The van der Waals surface area contributed by atoms with Crippen LogP contribution in [0.5, 0.6) is 0 Å². The van der Waals surface area contributed by atoms with Gasteiger partial charge in [0.2, 0.25) is 0 Å². The van der Waals surface area contributed by atoms with E-state index in [0.29, 0.717) is 0 Å². The van der Waals surface area contributed by atoms with Crippen molar-refractivity contribution in [3.8, 4) is 10.8 Å². The van der Waals surface area contributed by atoms with Crippen LogP contribution in [0.25, 0.3) is 10.8 Å². The highest BCUT2D eigenvalue weighted by molar-refractivity contribution is 7.13. The van der Waals surface area contributed by atoms with Gasteiger partial charge >= 0.3 is 0 Å². The molecule has 2 aliphatic heterocycles. The normalized spacial score (nSPS) is 23.0. The van der Waals surface area contributed by atoms with Crippen molar-refractivity contribution < 1.29 is 4.42 Å². The van der Waals surface area contributed by atoms with Gasteiger partial charge in [-0.15, -0.1) is 23.7 Å². The van der Waals surface area contributed by atoms with Crippen LogP contribution in [0, 0.1) is 0 Å². The van der Waals surface area contributed by atoms with Gasteiger partial charge in [0.05, 0.1) is 12.0 Å². The van der Waals surface area contributed by atoms with E-state index in [2.05, 4.69) is 20.5 Å². The van der Waals surface area contributed by atoms with Gasteiger partial charge in [0.25, 0.3) is 0 Å². The Balaban J connectivity index is 0.00000156. The number of aromatic nitrogens is 1. The van der Waals surface area contributed by atoms with Gasteiger partial charge in [0.15, 0.2) is 10.8 Å². The van der Waals surface area contributed by atoms with Crippen molar-refractivity contribution in [2.24, 2.45) is 0 Å². The van der Waals surface area contributed by atoms with Crippen molar-refractivity contribution in [1.29, 1.82) is 0 Å². The van der Waals surface area contributed by atoms with Gasteiger partial charge in [-0.05, 0) is 18.6 Å². The minimum atomic E-state index is 0. The van der Waals surface area contributed by atoms with Gasteiger partial charge in [-0.25, -0.2) is 4.98 Å². The summed E-state index contributed by atoms with van der Waals surface area (Å²) in [5.41, 5.74) is 1.16. The lowest BCUT2D eigenvalue weighted by molar-refractivity contribution is 0.170. The second-order valence-electron chi connectivity index (χ2n) is 6.08. The SMILES string of the molecule is Cl.c1coc(-c2nc(CN3CCC(N4CCNCC4)C3)cs2)c1. The predicted octanol–water partition coefficient (Wildman–Crippen LogP) is 2.30. The number of hydrogen-bond acceptors (Lipinski definition) is 6. The summed E-state index contributed by atoms with van der Waals surface area (Å²) in [4.78, 5) is 9.89. The molecular weight excluding hydrogens is 332 g/mol. The van der Waals surface area contributed by atoms with Crippen LogP contribution in [0.1, 0.15) is 12.1 Å². The van der Waals surface area contributed by atoms with Crippen LogP contribution in [-0.2, 0) is 6.54 Å². The highest BCUT2D eigenvalue weighted by atomic mass is 35.5. The largest absolute Gasteiger partial charge is 0.462 e. The van der Waals surface area contributed by atoms with Crippen LogP contribution in [0.4, 0.5) is 0 Å². The highest BCUT2D eigenvalue weighted by Crippen LogP contribution is 2.25. The molecule has 1 unspecified atom stereocenters. The van der Waals surface area contributed by atoms with Gasteiger partial charge in [0.1, 0.15) is 0 Å². The molecule has 4 rings (SSSR count). The Bertz CT molecular complexity index is 597. The third-order valence-electron chi connectivity index (χ3n) is 4.58. The van der Waals surface area contributed by atoms with Crippen LogP contribution in [0.15, 0.2) is 28.2 Å². The third-order valence-corrected chi connectivity index (χ3v) is 5.49. The molecule has 0 aliphatic carbocycles. The van der Waals surface area contributed by atoms with Gasteiger partial charge in [-0.1, -0.05) is 0 Å². The summed E-state index contributed by atoms with van der Waals surface area (Å²) < 4.78 is 5.42. The maximum atomic E-state index is 5.42. The molecule has 5 nitrogen and oxygen atoms in total. The first-order valence-electron chi connectivity index (χ1n) is 8.04. The van der Waals surface area contributed by atoms with Gasteiger partial charge < -0.3 is 9.73 Å². The molecule has 1 atom stereocenters. The number of furan rings is 1. The summed E-state index contributed by atoms with van der Waals surface area (Å²) in [6.07, 6.45) is 2.99. The van der Waals surface area contributed by atoms with Gasteiger partial charge in [-0.3, -0.25) is 9.80 Å². The van der Waals surface area contributed by atoms with Crippen molar-refractivity contribution in [1.82, 2.24) is 20.1 Å². The Labute approximate surface area is 147 Å². The van der Waals surface area contributed by atoms with Crippen molar-refractivity contribution in [2.75, 3.05) is 39.3 Å². The van der Waals surface area contributed by atoms with E-state index in [4.69, 9.17) is 9.40 Å². The summed E-state index contributed by atoms with van der Waals surface area (Å²) in [5, 5.41) is 6.58. The number of halogens is 1. The number of hydrogen-bond donors (Lipinski definition) is 1. The summed E-state index contributed by atoms with van der Waals surface area (Å²) in [6, 6.07) is 4.61. The highest BCUT2D eigenvalue weighted by Gasteiger charge is 2.28. The maximum Gasteiger partial charge on any atom is 0.162 e. The second-order valence-corrected chi connectivity index (χ2v) is 6.94. The standard InChI is InChI=1S/C16H22N4OS.ClH/c1-2-15(21-9-1)16-18-13(12-22-16)10-19-6-3-14(11-19)20-7-4-17-5-8-20;/h1-2,9,12,14,17H,3-8,10-11H2;1H. The molecule has 2 saturated heterocycles. The topological polar surface area (TPSA) is 44.5 Å². The smallest absolute Gasteiger partial charge is 0.162 e. The van der Waals surface area contributed by atoms with E-state index >= 15 is 0 Å². The molecule has 0 saturated carbocycles. The Hall–Kier alpha value is -0.920. The molecule has 1 N–H and O–H groups in total. The minimum absolute atomic E-state index is 0.